The minimum absolute atomic E-state index is 0.0244. The van der Waals surface area contributed by atoms with Crippen LogP contribution in [0.15, 0.2) is 28.5 Å². The third kappa shape index (κ3) is 5.38. The van der Waals surface area contributed by atoms with Gasteiger partial charge in [0.1, 0.15) is 16.7 Å². The highest BCUT2D eigenvalue weighted by molar-refractivity contribution is 7.82. The Morgan fingerprint density at radius 3 is 2.69 bits per heavy atom. The number of aromatic nitrogens is 2. The maximum Gasteiger partial charge on any atom is 0.223 e. The SMILES string of the molecule is CC(=O)Nc1nc(C)c(-c2csc(Nc3cc(S(N)=O)ccc3OC(C)C)n2)s1. The van der Waals surface area contributed by atoms with Gasteiger partial charge in [-0.15, -0.1) is 11.3 Å². The lowest BCUT2D eigenvalue weighted by Crippen LogP contribution is -2.09. The van der Waals surface area contributed by atoms with Gasteiger partial charge in [-0.3, -0.25) is 4.79 Å². The molecule has 2 aromatic heterocycles. The highest BCUT2D eigenvalue weighted by atomic mass is 32.2. The molecule has 0 aliphatic heterocycles. The van der Waals surface area contributed by atoms with Crippen LogP contribution in [0.3, 0.4) is 0 Å². The Morgan fingerprint density at radius 1 is 1.28 bits per heavy atom. The van der Waals surface area contributed by atoms with Crippen molar-refractivity contribution in [2.24, 2.45) is 5.14 Å². The van der Waals surface area contributed by atoms with E-state index in [1.165, 1.54) is 29.6 Å². The van der Waals surface area contributed by atoms with Crippen LogP contribution in [0.25, 0.3) is 10.6 Å². The molecule has 0 aliphatic rings. The van der Waals surface area contributed by atoms with Gasteiger partial charge in [-0.1, -0.05) is 11.3 Å². The highest BCUT2D eigenvalue weighted by Crippen LogP contribution is 2.37. The number of nitrogens with two attached hydrogens (primary N) is 1. The van der Waals surface area contributed by atoms with E-state index in [0.717, 1.165) is 16.3 Å². The Bertz CT molecular complexity index is 1060. The molecular weight excluding hydrogens is 430 g/mol. The predicted molar refractivity (Wildman–Crippen MR) is 118 cm³/mol. The first-order chi connectivity index (χ1) is 13.7. The Labute approximate surface area is 179 Å². The van der Waals surface area contributed by atoms with E-state index in [1.807, 2.05) is 26.2 Å². The van der Waals surface area contributed by atoms with Crippen LogP contribution in [-0.4, -0.2) is 26.2 Å². The second kappa shape index (κ2) is 8.99. The topological polar surface area (TPSA) is 119 Å². The van der Waals surface area contributed by atoms with E-state index < -0.39 is 11.0 Å². The summed E-state index contributed by atoms with van der Waals surface area (Å²) in [4.78, 5) is 21.6. The van der Waals surface area contributed by atoms with Crippen LogP contribution < -0.4 is 20.5 Å². The second-order valence-corrected chi connectivity index (χ2v) is 9.32. The van der Waals surface area contributed by atoms with Crippen molar-refractivity contribution in [3.63, 3.8) is 0 Å². The number of benzene rings is 1. The van der Waals surface area contributed by atoms with Crippen LogP contribution in [0.4, 0.5) is 16.0 Å². The van der Waals surface area contributed by atoms with Crippen LogP contribution in [0.1, 0.15) is 26.5 Å². The van der Waals surface area contributed by atoms with Gasteiger partial charge in [0.2, 0.25) is 5.91 Å². The molecule has 3 aromatic rings. The molecule has 0 saturated carbocycles. The Kier molecular flexibility index (Phi) is 6.63. The van der Waals surface area contributed by atoms with Crippen LogP contribution in [-0.2, 0) is 15.8 Å². The van der Waals surface area contributed by atoms with E-state index >= 15 is 0 Å². The number of rotatable bonds is 7. The largest absolute Gasteiger partial charge is 0.489 e. The molecular formula is C18H21N5O3S3. The van der Waals surface area contributed by atoms with E-state index in [2.05, 4.69) is 20.6 Å². The van der Waals surface area contributed by atoms with Crippen LogP contribution in [0.2, 0.25) is 0 Å². The number of ether oxygens (including phenoxy) is 1. The summed E-state index contributed by atoms with van der Waals surface area (Å²) in [6, 6.07) is 5.11. The molecule has 1 amide bonds. The summed E-state index contributed by atoms with van der Waals surface area (Å²) in [6.07, 6.45) is -0.0244. The summed E-state index contributed by atoms with van der Waals surface area (Å²) in [5.41, 5.74) is 2.19. The van der Waals surface area contributed by atoms with Crippen molar-refractivity contribution in [2.75, 3.05) is 10.6 Å². The Morgan fingerprint density at radius 2 is 2.03 bits per heavy atom. The fraction of sp³-hybridized carbons (Fsp3) is 0.278. The lowest BCUT2D eigenvalue weighted by atomic mass is 10.3. The highest BCUT2D eigenvalue weighted by Gasteiger charge is 2.16. The summed E-state index contributed by atoms with van der Waals surface area (Å²) in [5, 5.41) is 14.5. The summed E-state index contributed by atoms with van der Waals surface area (Å²) < 4.78 is 17.5. The number of hydrogen-bond donors (Lipinski definition) is 3. The molecule has 11 heteroatoms. The van der Waals surface area contributed by atoms with Crippen molar-refractivity contribution in [1.29, 1.82) is 0 Å². The number of nitrogens with one attached hydrogen (secondary N) is 2. The summed E-state index contributed by atoms with van der Waals surface area (Å²) >= 11 is 2.79. The summed E-state index contributed by atoms with van der Waals surface area (Å²) in [5.74, 6) is 0.452. The average molecular weight is 452 g/mol. The van der Waals surface area contributed by atoms with Gasteiger partial charge in [0, 0.05) is 12.3 Å². The predicted octanol–water partition coefficient (Wildman–Crippen LogP) is 4.05. The molecule has 154 valence electrons. The van der Waals surface area contributed by atoms with Gasteiger partial charge >= 0.3 is 0 Å². The van der Waals surface area contributed by atoms with Crippen molar-refractivity contribution in [2.45, 2.75) is 38.7 Å². The standard InChI is InChI=1S/C18H21N5O3S3/c1-9(2)26-15-6-5-12(29(19)25)7-13(15)22-17-23-14(8-27-17)16-10(3)20-18(28-16)21-11(4)24/h5-9H,19H2,1-4H3,(H,22,23)(H,20,21,24). The zero-order valence-electron chi connectivity index (χ0n) is 16.3. The van der Waals surface area contributed by atoms with Gasteiger partial charge in [0.25, 0.3) is 0 Å². The number of thiazole rings is 2. The number of anilines is 3. The zero-order valence-corrected chi connectivity index (χ0v) is 18.8. The number of aryl methyl sites for hydroxylation is 1. The maximum atomic E-state index is 11.7. The van der Waals surface area contributed by atoms with Gasteiger partial charge in [-0.25, -0.2) is 19.3 Å². The second-order valence-electron chi connectivity index (χ2n) is 6.40. The molecule has 0 spiro atoms. The molecule has 0 saturated heterocycles. The lowest BCUT2D eigenvalue weighted by Gasteiger charge is -2.15. The minimum atomic E-state index is -1.60. The Balaban J connectivity index is 1.88. The quantitative estimate of drug-likeness (QED) is 0.499. The van der Waals surface area contributed by atoms with Gasteiger partial charge in [-0.2, -0.15) is 0 Å². The molecule has 1 aromatic carbocycles. The van der Waals surface area contributed by atoms with E-state index in [-0.39, 0.29) is 12.0 Å². The Hall–Kier alpha value is -2.34. The van der Waals surface area contributed by atoms with Gasteiger partial charge < -0.3 is 15.4 Å². The molecule has 0 aliphatic carbocycles. The number of nitrogens with zero attached hydrogens (tertiary/aromatic N) is 2. The third-order valence-corrected chi connectivity index (χ3v) is 6.18. The van der Waals surface area contributed by atoms with Crippen molar-refractivity contribution >= 4 is 55.5 Å². The fourth-order valence-electron chi connectivity index (χ4n) is 2.48. The van der Waals surface area contributed by atoms with Crippen LogP contribution >= 0.6 is 22.7 Å². The lowest BCUT2D eigenvalue weighted by molar-refractivity contribution is -0.114. The van der Waals surface area contributed by atoms with E-state index in [9.17, 15) is 9.00 Å². The molecule has 29 heavy (non-hydrogen) atoms. The molecule has 3 rings (SSSR count). The van der Waals surface area contributed by atoms with Gasteiger partial charge in [0.15, 0.2) is 10.3 Å². The molecule has 1 atom stereocenters. The van der Waals surface area contributed by atoms with E-state index in [0.29, 0.717) is 26.6 Å². The van der Waals surface area contributed by atoms with E-state index in [4.69, 9.17) is 9.88 Å². The van der Waals surface area contributed by atoms with Crippen molar-refractivity contribution in [3.8, 4) is 16.3 Å². The molecule has 0 bridgehead atoms. The van der Waals surface area contributed by atoms with Gasteiger partial charge in [0.05, 0.1) is 33.0 Å². The maximum absolute atomic E-state index is 11.7. The molecule has 4 N–H and O–H groups in total. The summed E-state index contributed by atoms with van der Waals surface area (Å²) in [6.45, 7) is 7.18. The minimum Gasteiger partial charge on any atom is -0.489 e. The fourth-order valence-corrected chi connectivity index (χ4v) is 4.68. The first kappa shape index (κ1) is 21.4. The molecule has 1 unspecified atom stereocenters. The number of carbonyl (C=O) groups is 1. The molecule has 8 nitrogen and oxygen atoms in total. The monoisotopic (exact) mass is 451 g/mol. The zero-order chi connectivity index (χ0) is 21.1. The third-order valence-electron chi connectivity index (χ3n) is 3.60. The number of amides is 1. The number of carbonyl (C=O) groups excluding carboxylic acids is 1. The first-order valence-electron chi connectivity index (χ1n) is 8.67. The first-order valence-corrected chi connectivity index (χ1v) is 11.6. The molecule has 2 heterocycles. The average Bonchev–Trinajstić information content (AvgIpc) is 3.21. The van der Waals surface area contributed by atoms with Crippen LogP contribution in [0, 0.1) is 6.92 Å². The van der Waals surface area contributed by atoms with Crippen molar-refractivity contribution < 1.29 is 13.7 Å². The molecule has 0 radical (unpaired) electrons. The summed E-state index contributed by atoms with van der Waals surface area (Å²) in [7, 11) is -1.60. The van der Waals surface area contributed by atoms with E-state index in [1.54, 1.807) is 18.2 Å². The van der Waals surface area contributed by atoms with Crippen molar-refractivity contribution in [1.82, 2.24) is 9.97 Å². The van der Waals surface area contributed by atoms with Crippen LogP contribution in [0.5, 0.6) is 5.75 Å². The van der Waals surface area contributed by atoms with Gasteiger partial charge in [-0.05, 0) is 39.0 Å². The van der Waals surface area contributed by atoms with Crippen molar-refractivity contribution in [3.05, 3.63) is 29.3 Å². The number of hydrogen-bond acceptors (Lipinski definition) is 8. The molecule has 0 fully saturated rings. The smallest absolute Gasteiger partial charge is 0.223 e. The normalized spacial score (nSPS) is 12.1.